The van der Waals surface area contributed by atoms with E-state index in [2.05, 4.69) is 31.1 Å². The zero-order valence-electron chi connectivity index (χ0n) is 9.92. The van der Waals surface area contributed by atoms with Crippen molar-refractivity contribution in [2.24, 2.45) is 4.99 Å². The molecule has 0 aliphatic heterocycles. The first-order valence-corrected chi connectivity index (χ1v) is 5.55. The second-order valence-corrected chi connectivity index (χ2v) is 3.28. The molecule has 0 aromatic rings. The van der Waals surface area contributed by atoms with Crippen LogP contribution in [0.3, 0.4) is 0 Å². The Balaban J connectivity index is 0. The second-order valence-electron chi connectivity index (χ2n) is 3.28. The van der Waals surface area contributed by atoms with Gasteiger partial charge in [-0.15, -0.1) is 0 Å². The zero-order chi connectivity index (χ0) is 9.94. The van der Waals surface area contributed by atoms with Gasteiger partial charge in [-0.05, 0) is 6.42 Å². The fourth-order valence-electron chi connectivity index (χ4n) is 1.02. The van der Waals surface area contributed by atoms with Crippen LogP contribution in [0.25, 0.3) is 5.32 Å². The van der Waals surface area contributed by atoms with Crippen LogP contribution in [-0.2, 0) is 25.8 Å². The molecule has 0 aliphatic carbocycles. The van der Waals surface area contributed by atoms with Crippen molar-refractivity contribution in [1.29, 1.82) is 0 Å². The van der Waals surface area contributed by atoms with Gasteiger partial charge in [0.2, 0.25) is 0 Å². The number of hydrogen-bond acceptors (Lipinski definition) is 1. The predicted molar refractivity (Wildman–Crippen MR) is 60.6 cm³/mol. The van der Waals surface area contributed by atoms with Gasteiger partial charge in [0.1, 0.15) is 0 Å². The van der Waals surface area contributed by atoms with Gasteiger partial charge in [-0.2, -0.15) is 0 Å². The van der Waals surface area contributed by atoms with E-state index in [1.54, 1.807) is 0 Å². The Morgan fingerprint density at radius 2 is 1.79 bits per heavy atom. The molecule has 81 valence electrons. The van der Waals surface area contributed by atoms with Gasteiger partial charge in [-0.25, -0.2) is 0 Å². The monoisotopic (exact) mass is 228 g/mol. The summed E-state index contributed by atoms with van der Waals surface area (Å²) >= 11 is 0. The first-order chi connectivity index (χ1) is 6.35. The molecule has 2 nitrogen and oxygen atoms in total. The standard InChI is InChI=1S/C11H23N2.Sc/c1-4-7-8-11(12-9-5-2)13-10-6-3;/h4-10H2,1-3H3;/q-1;. The van der Waals surface area contributed by atoms with E-state index in [4.69, 9.17) is 0 Å². The van der Waals surface area contributed by atoms with E-state index in [0.717, 1.165) is 38.2 Å². The molecule has 0 amide bonds. The van der Waals surface area contributed by atoms with Crippen molar-refractivity contribution in [3.63, 3.8) is 0 Å². The van der Waals surface area contributed by atoms with Gasteiger partial charge in [0.15, 0.2) is 0 Å². The maximum atomic E-state index is 4.47. The average molecular weight is 228 g/mol. The van der Waals surface area contributed by atoms with Crippen LogP contribution < -0.4 is 0 Å². The molecule has 0 saturated heterocycles. The van der Waals surface area contributed by atoms with Gasteiger partial charge in [-0.1, -0.05) is 65.4 Å². The summed E-state index contributed by atoms with van der Waals surface area (Å²) < 4.78 is 0. The van der Waals surface area contributed by atoms with Crippen molar-refractivity contribution in [2.45, 2.75) is 52.9 Å². The predicted octanol–water partition coefficient (Wildman–Crippen LogP) is 3.77. The van der Waals surface area contributed by atoms with E-state index in [1.807, 2.05) is 0 Å². The third-order valence-corrected chi connectivity index (χ3v) is 1.79. The van der Waals surface area contributed by atoms with Gasteiger partial charge < -0.3 is 10.3 Å². The fourth-order valence-corrected chi connectivity index (χ4v) is 1.02. The van der Waals surface area contributed by atoms with Crippen LogP contribution in [0.2, 0.25) is 0 Å². The molecule has 0 aliphatic rings. The number of hydrogen-bond donors (Lipinski definition) is 0. The van der Waals surface area contributed by atoms with Gasteiger partial charge in [0.05, 0.1) is 0 Å². The molecule has 0 atom stereocenters. The van der Waals surface area contributed by atoms with E-state index < -0.39 is 0 Å². The summed E-state index contributed by atoms with van der Waals surface area (Å²) in [5, 5.41) is 4.47. The number of amidine groups is 1. The van der Waals surface area contributed by atoms with Crippen molar-refractivity contribution >= 4 is 5.84 Å². The number of rotatable bonds is 7. The van der Waals surface area contributed by atoms with Gasteiger partial charge in [-0.3, -0.25) is 0 Å². The Morgan fingerprint density at radius 1 is 1.07 bits per heavy atom. The fraction of sp³-hybridized carbons (Fsp3) is 0.909. The van der Waals surface area contributed by atoms with Crippen molar-refractivity contribution in [3.05, 3.63) is 5.32 Å². The third-order valence-electron chi connectivity index (χ3n) is 1.79. The molecule has 0 aromatic carbocycles. The molecule has 14 heavy (non-hydrogen) atoms. The Morgan fingerprint density at radius 3 is 2.29 bits per heavy atom. The molecule has 3 heteroatoms. The summed E-state index contributed by atoms with van der Waals surface area (Å²) in [6.07, 6.45) is 5.76. The van der Waals surface area contributed by atoms with Gasteiger partial charge >= 0.3 is 0 Å². The molecule has 0 heterocycles. The first-order valence-electron chi connectivity index (χ1n) is 5.55. The quantitative estimate of drug-likeness (QED) is 0.468. The summed E-state index contributed by atoms with van der Waals surface area (Å²) in [7, 11) is 0. The molecular formula is C11H23N2Sc-. The van der Waals surface area contributed by atoms with Crippen LogP contribution in [0, 0.1) is 0 Å². The minimum absolute atomic E-state index is 0. The molecule has 0 rings (SSSR count). The van der Waals surface area contributed by atoms with Crippen LogP contribution in [-0.4, -0.2) is 18.9 Å². The van der Waals surface area contributed by atoms with E-state index in [0.29, 0.717) is 0 Å². The molecule has 0 unspecified atom stereocenters. The smallest absolute Gasteiger partial charge is 0 e. The van der Waals surface area contributed by atoms with Crippen molar-refractivity contribution in [1.82, 2.24) is 0 Å². The number of unbranched alkanes of at least 4 members (excludes halogenated alkanes) is 1. The molecule has 0 fully saturated rings. The third kappa shape index (κ3) is 10.4. The van der Waals surface area contributed by atoms with Gasteiger partial charge in [0, 0.05) is 25.8 Å². The molecule has 0 N–H and O–H groups in total. The second kappa shape index (κ2) is 13.3. The number of nitrogens with zero attached hydrogens (tertiary/aromatic N) is 2. The van der Waals surface area contributed by atoms with Crippen molar-refractivity contribution in [2.75, 3.05) is 13.1 Å². The summed E-state index contributed by atoms with van der Waals surface area (Å²) in [6.45, 7) is 8.39. The molecule has 0 saturated carbocycles. The molecule has 0 spiro atoms. The minimum atomic E-state index is 0. The Kier molecular flexibility index (Phi) is 16.0. The average Bonchev–Trinajstić information content (AvgIpc) is 2.17. The molecular weight excluding hydrogens is 205 g/mol. The van der Waals surface area contributed by atoms with Crippen LogP contribution in [0.4, 0.5) is 0 Å². The van der Waals surface area contributed by atoms with Crippen molar-refractivity contribution < 1.29 is 25.8 Å². The largest absolute Gasteiger partial charge is 0.469 e. The summed E-state index contributed by atoms with van der Waals surface area (Å²) in [5.41, 5.74) is 0. The van der Waals surface area contributed by atoms with Crippen molar-refractivity contribution in [3.8, 4) is 0 Å². The molecule has 0 bridgehead atoms. The van der Waals surface area contributed by atoms with E-state index in [-0.39, 0.29) is 25.8 Å². The number of aliphatic imine (C=N–C) groups is 1. The Bertz CT molecular complexity index is 125. The zero-order valence-corrected chi connectivity index (χ0v) is 11.7. The Hall–Kier alpha value is 0.340. The summed E-state index contributed by atoms with van der Waals surface area (Å²) in [5.74, 6) is 1.09. The van der Waals surface area contributed by atoms with E-state index >= 15 is 0 Å². The van der Waals surface area contributed by atoms with Crippen LogP contribution in [0.15, 0.2) is 4.99 Å². The van der Waals surface area contributed by atoms with Gasteiger partial charge in [0.25, 0.3) is 0 Å². The van der Waals surface area contributed by atoms with Crippen LogP contribution in [0.1, 0.15) is 52.9 Å². The van der Waals surface area contributed by atoms with E-state index in [9.17, 15) is 0 Å². The maximum Gasteiger partial charge on any atom is 0 e. The minimum Gasteiger partial charge on any atom is -0.469 e. The topological polar surface area (TPSA) is 26.5 Å². The molecule has 0 aromatic heterocycles. The first kappa shape index (κ1) is 16.8. The van der Waals surface area contributed by atoms with Crippen LogP contribution >= 0.6 is 0 Å². The summed E-state index contributed by atoms with van der Waals surface area (Å²) in [6, 6.07) is 0. The normalized spacial score (nSPS) is 10.9. The maximum absolute atomic E-state index is 4.47. The SMILES string of the molecule is CCCCC(=NCCC)[N-]CCC.[Sc]. The van der Waals surface area contributed by atoms with Crippen LogP contribution in [0.5, 0.6) is 0 Å². The van der Waals surface area contributed by atoms with E-state index in [1.165, 1.54) is 12.8 Å². The molecule has 1 radical (unpaired) electrons. The summed E-state index contributed by atoms with van der Waals surface area (Å²) in [4.78, 5) is 4.47. The Labute approximate surface area is 108 Å².